The molecule has 34 heavy (non-hydrogen) atoms. The lowest BCUT2D eigenvalue weighted by atomic mass is 10.0. The van der Waals surface area contributed by atoms with Crippen LogP contribution in [0.15, 0.2) is 109 Å². The molecule has 0 amide bonds. The van der Waals surface area contributed by atoms with E-state index < -0.39 is 8.07 Å². The van der Waals surface area contributed by atoms with Crippen molar-refractivity contribution in [2.45, 2.75) is 13.5 Å². The molecule has 0 N–H and O–H groups in total. The van der Waals surface area contributed by atoms with Crippen LogP contribution in [-0.2, 0) is 0 Å². The van der Waals surface area contributed by atoms with Crippen molar-refractivity contribution in [2.75, 3.05) is 0 Å². The van der Waals surface area contributed by atoms with Crippen LogP contribution in [0.5, 0.6) is 11.6 Å². The normalized spacial score (nSPS) is 16.1. The second kappa shape index (κ2) is 8.08. The smallest absolute Gasteiger partial charge is 0.219 e. The average Bonchev–Trinajstić information content (AvgIpc) is 3.14. The molecule has 0 aliphatic carbocycles. The first kappa shape index (κ1) is 20.6. The Kier molecular flexibility index (Phi) is 4.89. The zero-order valence-electron chi connectivity index (χ0n) is 19.2. The van der Waals surface area contributed by atoms with Crippen LogP contribution in [0.25, 0.3) is 22.3 Å². The third-order valence-electron chi connectivity index (χ3n) is 6.82. The maximum absolute atomic E-state index is 6.00. The Morgan fingerprint density at radius 1 is 0.647 bits per heavy atom. The van der Waals surface area contributed by atoms with Gasteiger partial charge in [0.25, 0.3) is 0 Å². The molecule has 0 saturated heterocycles. The van der Waals surface area contributed by atoms with Crippen LogP contribution < -0.4 is 20.4 Å². The van der Waals surface area contributed by atoms with Crippen molar-refractivity contribution < 1.29 is 4.74 Å². The summed E-state index contributed by atoms with van der Waals surface area (Å²) in [5.41, 5.74) is 6.25. The number of ether oxygens (including phenoxy) is 1. The number of nitrogens with zero attached hydrogens (tertiary/aromatic N) is 2. The Morgan fingerprint density at radius 3 is 2.29 bits per heavy atom. The summed E-state index contributed by atoms with van der Waals surface area (Å²) in [6.07, 6.45) is 3.67. The van der Waals surface area contributed by atoms with Gasteiger partial charge in [-0.1, -0.05) is 73.3 Å². The van der Waals surface area contributed by atoms with Gasteiger partial charge in [0.1, 0.15) is 5.75 Å². The Labute approximate surface area is 200 Å². The lowest BCUT2D eigenvalue weighted by molar-refractivity contribution is 0.463. The van der Waals surface area contributed by atoms with Gasteiger partial charge in [0.2, 0.25) is 5.88 Å². The van der Waals surface area contributed by atoms with Gasteiger partial charge < -0.3 is 4.74 Å². The van der Waals surface area contributed by atoms with Gasteiger partial charge >= 0.3 is 0 Å². The Hall–Kier alpha value is -4.02. The van der Waals surface area contributed by atoms with Gasteiger partial charge in [0, 0.05) is 23.8 Å². The molecule has 2 aromatic heterocycles. The molecule has 0 saturated carbocycles. The van der Waals surface area contributed by atoms with E-state index in [1.807, 2.05) is 42.6 Å². The Bertz CT molecular complexity index is 1520. The fourth-order valence-corrected chi connectivity index (χ4v) is 9.60. The van der Waals surface area contributed by atoms with E-state index in [2.05, 4.69) is 79.1 Å². The zero-order chi connectivity index (χ0) is 23.1. The quantitative estimate of drug-likeness (QED) is 0.343. The highest BCUT2D eigenvalue weighted by Gasteiger charge is 2.45. The fourth-order valence-electron chi connectivity index (χ4n) is 5.20. The number of pyridine rings is 2. The molecule has 6 rings (SSSR count). The number of fused-ring (bicyclic) bond motifs is 3. The van der Waals surface area contributed by atoms with E-state index in [-0.39, 0.29) is 0 Å². The molecule has 3 heterocycles. The van der Waals surface area contributed by atoms with Crippen LogP contribution in [0.4, 0.5) is 0 Å². The highest BCUT2D eigenvalue weighted by Crippen LogP contribution is 2.32. The van der Waals surface area contributed by atoms with Gasteiger partial charge in [0.15, 0.2) is 8.07 Å². The summed E-state index contributed by atoms with van der Waals surface area (Å²) in [7, 11) is -2.24. The first-order valence-electron chi connectivity index (χ1n) is 11.5. The molecular formula is C30H24N2OSi. The third kappa shape index (κ3) is 3.26. The van der Waals surface area contributed by atoms with E-state index in [4.69, 9.17) is 9.72 Å². The first-order valence-corrected chi connectivity index (χ1v) is 14.0. The molecule has 5 aromatic rings. The maximum atomic E-state index is 6.00. The van der Waals surface area contributed by atoms with Crippen LogP contribution in [0, 0.1) is 6.92 Å². The van der Waals surface area contributed by atoms with Crippen molar-refractivity contribution in [3.8, 4) is 33.9 Å². The van der Waals surface area contributed by atoms with E-state index in [0.717, 1.165) is 11.3 Å². The van der Waals surface area contributed by atoms with Crippen LogP contribution >= 0.6 is 0 Å². The predicted molar refractivity (Wildman–Crippen MR) is 141 cm³/mol. The van der Waals surface area contributed by atoms with Gasteiger partial charge in [-0.2, -0.15) is 0 Å². The lowest BCUT2D eigenvalue weighted by Gasteiger charge is -2.26. The second-order valence-electron chi connectivity index (χ2n) is 8.90. The molecular weight excluding hydrogens is 432 g/mol. The minimum atomic E-state index is -2.24. The fraction of sp³-hybridized carbons (Fsp3) is 0.0667. The molecule has 1 atom stereocenters. The molecule has 0 fully saturated rings. The molecule has 3 nitrogen and oxygen atoms in total. The van der Waals surface area contributed by atoms with Crippen molar-refractivity contribution in [3.05, 3.63) is 115 Å². The van der Waals surface area contributed by atoms with Gasteiger partial charge in [-0.25, -0.2) is 4.98 Å². The summed E-state index contributed by atoms with van der Waals surface area (Å²) in [4.78, 5) is 9.21. The van der Waals surface area contributed by atoms with E-state index in [0.29, 0.717) is 5.88 Å². The lowest BCUT2D eigenvalue weighted by Crippen LogP contribution is -2.64. The third-order valence-corrected chi connectivity index (χ3v) is 11.3. The minimum absolute atomic E-state index is 0.592. The number of benzene rings is 3. The monoisotopic (exact) mass is 456 g/mol. The number of rotatable bonds is 4. The van der Waals surface area contributed by atoms with E-state index in [1.54, 1.807) is 6.20 Å². The summed E-state index contributed by atoms with van der Waals surface area (Å²) < 4.78 is 6.00. The number of aryl methyl sites for hydroxylation is 1. The van der Waals surface area contributed by atoms with Crippen molar-refractivity contribution in [1.82, 2.24) is 9.97 Å². The van der Waals surface area contributed by atoms with Crippen LogP contribution in [0.3, 0.4) is 0 Å². The standard InChI is InChI=1S/C30H24N2OSi/c1-21-9-8-18-32-30(21)34(2)27-13-4-3-12-25(27)26-16-15-23(20-28(26)34)22-10-7-11-24(19-22)33-29-14-5-6-17-31-29/h3-20H,1-2H3. The molecule has 4 heteroatoms. The largest absolute Gasteiger partial charge is 0.439 e. The summed E-state index contributed by atoms with van der Waals surface area (Å²) in [6.45, 7) is 4.63. The molecule has 0 bridgehead atoms. The molecule has 0 spiro atoms. The Balaban J connectivity index is 1.48. The van der Waals surface area contributed by atoms with E-state index in [1.165, 1.54) is 37.9 Å². The van der Waals surface area contributed by atoms with Crippen molar-refractivity contribution >= 4 is 23.8 Å². The SMILES string of the molecule is Cc1cccnc1[Si]1(C)c2ccccc2-c2ccc(-c3cccc(Oc4ccccn4)c3)cc21. The minimum Gasteiger partial charge on any atom is -0.439 e. The first-order chi connectivity index (χ1) is 16.6. The van der Waals surface area contributed by atoms with Crippen molar-refractivity contribution in [3.63, 3.8) is 0 Å². The number of hydrogen-bond acceptors (Lipinski definition) is 3. The number of hydrogen-bond donors (Lipinski definition) is 0. The summed E-state index contributed by atoms with van der Waals surface area (Å²) in [5, 5.41) is 4.10. The van der Waals surface area contributed by atoms with E-state index in [9.17, 15) is 0 Å². The molecule has 1 aliphatic heterocycles. The molecule has 3 aromatic carbocycles. The predicted octanol–water partition coefficient (Wildman–Crippen LogP) is 5.32. The summed E-state index contributed by atoms with van der Waals surface area (Å²) in [6, 6.07) is 33.9. The second-order valence-corrected chi connectivity index (χ2v) is 12.7. The molecule has 0 radical (unpaired) electrons. The molecule has 164 valence electrons. The molecule has 1 aliphatic rings. The number of aromatic nitrogens is 2. The van der Waals surface area contributed by atoms with Crippen molar-refractivity contribution in [2.24, 2.45) is 0 Å². The van der Waals surface area contributed by atoms with Gasteiger partial charge in [-0.05, 0) is 69.4 Å². The van der Waals surface area contributed by atoms with Gasteiger partial charge in [-0.3, -0.25) is 4.98 Å². The highest BCUT2D eigenvalue weighted by atomic mass is 28.3. The van der Waals surface area contributed by atoms with Crippen LogP contribution in [0.1, 0.15) is 5.56 Å². The summed E-state index contributed by atoms with van der Waals surface area (Å²) >= 11 is 0. The maximum Gasteiger partial charge on any atom is 0.219 e. The van der Waals surface area contributed by atoms with Crippen LogP contribution in [-0.4, -0.2) is 18.0 Å². The van der Waals surface area contributed by atoms with Gasteiger partial charge in [0.05, 0.1) is 0 Å². The van der Waals surface area contributed by atoms with Crippen LogP contribution in [0.2, 0.25) is 6.55 Å². The zero-order valence-corrected chi connectivity index (χ0v) is 20.2. The van der Waals surface area contributed by atoms with Crippen molar-refractivity contribution in [1.29, 1.82) is 0 Å². The summed E-state index contributed by atoms with van der Waals surface area (Å²) in [5.74, 6) is 1.37. The average molecular weight is 457 g/mol. The topological polar surface area (TPSA) is 35.0 Å². The van der Waals surface area contributed by atoms with Gasteiger partial charge in [-0.15, -0.1) is 0 Å². The molecule has 1 unspecified atom stereocenters. The highest BCUT2D eigenvalue weighted by molar-refractivity contribution is 7.13. The Morgan fingerprint density at radius 2 is 1.44 bits per heavy atom. The van der Waals surface area contributed by atoms with E-state index >= 15 is 0 Å².